The Hall–Kier alpha value is -0.490. The zero-order valence-electron chi connectivity index (χ0n) is 12.2. The van der Waals surface area contributed by atoms with Crippen molar-refractivity contribution in [1.29, 1.82) is 0 Å². The van der Waals surface area contributed by atoms with Crippen LogP contribution in [0.3, 0.4) is 0 Å². The second-order valence-electron chi connectivity index (χ2n) is 5.74. The summed E-state index contributed by atoms with van der Waals surface area (Å²) in [6.07, 6.45) is 2.50. The lowest BCUT2D eigenvalue weighted by molar-refractivity contribution is 0.508. The summed E-state index contributed by atoms with van der Waals surface area (Å²) in [6.45, 7) is 5.27. The van der Waals surface area contributed by atoms with Crippen LogP contribution in [0.5, 0.6) is 0 Å². The Labute approximate surface area is 143 Å². The molecule has 0 spiro atoms. The minimum Gasteiger partial charge on any atom is -0.356 e. The molecule has 0 atom stereocenters. The van der Waals surface area contributed by atoms with Gasteiger partial charge < -0.3 is 10.6 Å². The van der Waals surface area contributed by atoms with E-state index in [2.05, 4.69) is 41.6 Å². The Morgan fingerprint density at radius 3 is 2.40 bits per heavy atom. The number of aliphatic imine (C=N–C) groups is 1. The molecule has 2 N–H and O–H groups in total. The van der Waals surface area contributed by atoms with Crippen LogP contribution >= 0.6 is 35.6 Å². The first-order chi connectivity index (χ1) is 9.01. The van der Waals surface area contributed by atoms with Crippen molar-refractivity contribution in [2.45, 2.75) is 38.1 Å². The molecular formula is C15H23ClIN3. The third kappa shape index (κ3) is 5.13. The van der Waals surface area contributed by atoms with Crippen LogP contribution in [-0.2, 0) is 5.41 Å². The van der Waals surface area contributed by atoms with Crippen LogP contribution in [0.4, 0.5) is 0 Å². The van der Waals surface area contributed by atoms with Crippen molar-refractivity contribution in [1.82, 2.24) is 10.6 Å². The fourth-order valence-corrected chi connectivity index (χ4v) is 2.05. The smallest absolute Gasteiger partial charge is 0.191 e. The zero-order chi connectivity index (χ0) is 13.9. The number of hydrogen-bond acceptors (Lipinski definition) is 1. The molecule has 1 aliphatic carbocycles. The Balaban J connectivity index is 0.00000200. The van der Waals surface area contributed by atoms with Crippen molar-refractivity contribution in [2.24, 2.45) is 4.99 Å². The van der Waals surface area contributed by atoms with E-state index in [4.69, 9.17) is 11.6 Å². The Morgan fingerprint density at radius 1 is 1.30 bits per heavy atom. The number of nitrogens with one attached hydrogen (secondary N) is 2. The van der Waals surface area contributed by atoms with Crippen LogP contribution < -0.4 is 10.6 Å². The van der Waals surface area contributed by atoms with Gasteiger partial charge >= 0.3 is 0 Å². The van der Waals surface area contributed by atoms with Gasteiger partial charge in [-0.3, -0.25) is 4.99 Å². The molecule has 1 aromatic carbocycles. The molecule has 0 radical (unpaired) electrons. The maximum absolute atomic E-state index is 5.93. The monoisotopic (exact) mass is 407 g/mol. The standard InChI is InChI=1S/C15H22ClN3.HI/c1-15(2,11-4-6-12(16)7-5-11)10-18-14(17-3)19-13-8-9-13;/h4-7,13H,8-10H2,1-3H3,(H2,17,18,19);1H. The number of guanidine groups is 1. The van der Waals surface area contributed by atoms with E-state index in [0.29, 0.717) is 6.04 Å². The molecule has 1 aromatic rings. The van der Waals surface area contributed by atoms with Crippen molar-refractivity contribution < 1.29 is 0 Å². The molecule has 20 heavy (non-hydrogen) atoms. The Morgan fingerprint density at radius 2 is 1.90 bits per heavy atom. The summed E-state index contributed by atoms with van der Waals surface area (Å²) in [5, 5.41) is 7.57. The molecular weight excluding hydrogens is 385 g/mol. The fraction of sp³-hybridized carbons (Fsp3) is 0.533. The molecule has 0 aromatic heterocycles. The third-order valence-electron chi connectivity index (χ3n) is 3.47. The fourth-order valence-electron chi connectivity index (χ4n) is 1.92. The topological polar surface area (TPSA) is 36.4 Å². The summed E-state index contributed by atoms with van der Waals surface area (Å²) in [5.41, 5.74) is 1.30. The summed E-state index contributed by atoms with van der Waals surface area (Å²) >= 11 is 5.93. The average Bonchev–Trinajstić information content (AvgIpc) is 3.19. The molecule has 0 aliphatic heterocycles. The van der Waals surface area contributed by atoms with E-state index in [1.165, 1.54) is 18.4 Å². The maximum Gasteiger partial charge on any atom is 0.191 e. The average molecular weight is 408 g/mol. The zero-order valence-corrected chi connectivity index (χ0v) is 15.3. The summed E-state index contributed by atoms with van der Waals surface area (Å²) in [7, 11) is 1.81. The number of nitrogens with zero attached hydrogens (tertiary/aromatic N) is 1. The molecule has 3 nitrogen and oxygen atoms in total. The van der Waals surface area contributed by atoms with Crippen LogP contribution in [0.1, 0.15) is 32.3 Å². The molecule has 1 saturated carbocycles. The maximum atomic E-state index is 5.93. The lowest BCUT2D eigenvalue weighted by Gasteiger charge is -2.27. The van der Waals surface area contributed by atoms with Gasteiger partial charge in [0, 0.05) is 30.1 Å². The second kappa shape index (κ2) is 7.50. The third-order valence-corrected chi connectivity index (χ3v) is 3.72. The molecule has 0 heterocycles. The summed E-state index contributed by atoms with van der Waals surface area (Å²) < 4.78 is 0. The van der Waals surface area contributed by atoms with Crippen molar-refractivity contribution in [3.05, 3.63) is 34.9 Å². The molecule has 5 heteroatoms. The first-order valence-corrected chi connectivity index (χ1v) is 7.12. The van der Waals surface area contributed by atoms with Gasteiger partial charge in [0.2, 0.25) is 0 Å². The highest BCUT2D eigenvalue weighted by Crippen LogP contribution is 2.24. The quantitative estimate of drug-likeness (QED) is 0.455. The summed E-state index contributed by atoms with van der Waals surface area (Å²) in [5.74, 6) is 0.893. The first kappa shape index (κ1) is 17.6. The molecule has 0 amide bonds. The number of hydrogen-bond donors (Lipinski definition) is 2. The minimum atomic E-state index is 0. The molecule has 112 valence electrons. The highest BCUT2D eigenvalue weighted by molar-refractivity contribution is 14.0. The normalized spacial score (nSPS) is 15.5. The lowest BCUT2D eigenvalue weighted by Crippen LogP contribution is -2.44. The summed E-state index contributed by atoms with van der Waals surface area (Å²) in [4.78, 5) is 4.25. The minimum absolute atomic E-state index is 0. The van der Waals surface area contributed by atoms with E-state index in [1.807, 2.05) is 19.2 Å². The number of halogens is 2. The largest absolute Gasteiger partial charge is 0.356 e. The molecule has 0 bridgehead atoms. The molecule has 1 fully saturated rings. The van der Waals surface area contributed by atoms with Gasteiger partial charge in [-0.25, -0.2) is 0 Å². The predicted octanol–water partition coefficient (Wildman–Crippen LogP) is 3.56. The molecule has 2 rings (SSSR count). The van der Waals surface area contributed by atoms with Gasteiger partial charge in [0.05, 0.1) is 0 Å². The highest BCUT2D eigenvalue weighted by atomic mass is 127. The van der Waals surface area contributed by atoms with Crippen LogP contribution in [0.15, 0.2) is 29.3 Å². The van der Waals surface area contributed by atoms with E-state index in [1.54, 1.807) is 0 Å². The van der Waals surface area contributed by atoms with Gasteiger partial charge in [-0.1, -0.05) is 37.6 Å². The van der Waals surface area contributed by atoms with E-state index in [-0.39, 0.29) is 29.4 Å². The Kier molecular flexibility index (Phi) is 6.58. The van der Waals surface area contributed by atoms with Crippen LogP contribution in [0, 0.1) is 0 Å². The SMILES string of the molecule is CN=C(NCC(C)(C)c1ccc(Cl)cc1)NC1CC1.I. The summed E-state index contributed by atoms with van der Waals surface area (Å²) in [6, 6.07) is 8.67. The van der Waals surface area contributed by atoms with Crippen molar-refractivity contribution in [3.63, 3.8) is 0 Å². The van der Waals surface area contributed by atoms with Gasteiger partial charge in [0.15, 0.2) is 5.96 Å². The molecule has 0 saturated heterocycles. The predicted molar refractivity (Wildman–Crippen MR) is 97.4 cm³/mol. The van der Waals surface area contributed by atoms with Crippen molar-refractivity contribution in [2.75, 3.05) is 13.6 Å². The Bertz CT molecular complexity index is 453. The van der Waals surface area contributed by atoms with Gasteiger partial charge in [0.25, 0.3) is 0 Å². The van der Waals surface area contributed by atoms with Crippen LogP contribution in [-0.4, -0.2) is 25.6 Å². The number of rotatable bonds is 4. The van der Waals surface area contributed by atoms with E-state index in [9.17, 15) is 0 Å². The van der Waals surface area contributed by atoms with Crippen molar-refractivity contribution in [3.8, 4) is 0 Å². The van der Waals surface area contributed by atoms with E-state index in [0.717, 1.165) is 17.5 Å². The second-order valence-corrected chi connectivity index (χ2v) is 6.17. The molecule has 0 unspecified atom stereocenters. The van der Waals surface area contributed by atoms with Gasteiger partial charge in [0.1, 0.15) is 0 Å². The molecule has 1 aliphatic rings. The van der Waals surface area contributed by atoms with Gasteiger partial charge in [-0.05, 0) is 30.5 Å². The van der Waals surface area contributed by atoms with Crippen LogP contribution in [0.25, 0.3) is 0 Å². The van der Waals surface area contributed by atoms with Gasteiger partial charge in [-0.15, -0.1) is 24.0 Å². The number of benzene rings is 1. The highest BCUT2D eigenvalue weighted by Gasteiger charge is 2.24. The van der Waals surface area contributed by atoms with Crippen LogP contribution in [0.2, 0.25) is 5.02 Å². The lowest BCUT2D eigenvalue weighted by atomic mass is 9.85. The van der Waals surface area contributed by atoms with Crippen molar-refractivity contribution >= 4 is 41.5 Å². The van der Waals surface area contributed by atoms with E-state index < -0.39 is 0 Å². The van der Waals surface area contributed by atoms with Gasteiger partial charge in [-0.2, -0.15) is 0 Å². The first-order valence-electron chi connectivity index (χ1n) is 6.74. The van der Waals surface area contributed by atoms with E-state index >= 15 is 0 Å².